The Labute approximate surface area is 332 Å². The molecule has 0 aromatic rings. The lowest BCUT2D eigenvalue weighted by Gasteiger charge is -2.19. The minimum atomic E-state index is -0.987. The molecular weight excluding hydrogens is 746 g/mol. The van der Waals surface area contributed by atoms with Crippen molar-refractivity contribution in [2.24, 2.45) is 0 Å². The van der Waals surface area contributed by atoms with E-state index in [0.29, 0.717) is 178 Å². The molecule has 19 heteroatoms. The molecule has 0 bridgehead atoms. The number of hydrogen-bond acceptors (Lipinski definition) is 17. The first-order valence-electron chi connectivity index (χ1n) is 19.4. The van der Waals surface area contributed by atoms with Crippen molar-refractivity contribution >= 4 is 17.8 Å². The van der Waals surface area contributed by atoms with Gasteiger partial charge in [0.2, 0.25) is 5.91 Å². The Bertz CT molecular complexity index is 879. The highest BCUT2D eigenvalue weighted by Gasteiger charge is 2.16. The van der Waals surface area contributed by atoms with Crippen LogP contribution < -0.4 is 5.32 Å². The average Bonchev–Trinajstić information content (AvgIpc) is 3.15. The van der Waals surface area contributed by atoms with E-state index in [2.05, 4.69) is 5.32 Å². The summed E-state index contributed by atoms with van der Waals surface area (Å²) >= 11 is 0. The molecule has 2 N–H and O–H groups in total. The summed E-state index contributed by atoms with van der Waals surface area (Å²) in [4.78, 5) is 33.3. The van der Waals surface area contributed by atoms with E-state index >= 15 is 0 Å². The number of rotatable bonds is 45. The summed E-state index contributed by atoms with van der Waals surface area (Å²) in [6.07, 6.45) is 0.462. The van der Waals surface area contributed by atoms with Crippen LogP contribution in [0.4, 0.5) is 0 Å². The summed E-state index contributed by atoms with van der Waals surface area (Å²) in [6.45, 7) is 17.2. The molecule has 0 aliphatic rings. The Morgan fingerprint density at radius 3 is 0.946 bits per heavy atom. The molecule has 0 aliphatic carbocycles. The molecule has 0 saturated carbocycles. The highest BCUT2D eigenvalue weighted by molar-refractivity contribution is 5.80. The number of nitrogens with one attached hydrogen (secondary N) is 1. The Hall–Kier alpha value is -2.11. The predicted octanol–water partition coefficient (Wildman–Crippen LogP) is 0.915. The van der Waals surface area contributed by atoms with E-state index in [4.69, 9.17) is 71.4 Å². The van der Waals surface area contributed by atoms with Crippen LogP contribution >= 0.6 is 0 Å². The van der Waals surface area contributed by atoms with E-state index in [0.717, 1.165) is 0 Å². The first-order valence-corrected chi connectivity index (χ1v) is 19.4. The van der Waals surface area contributed by atoms with Gasteiger partial charge in [-0.2, -0.15) is 0 Å². The number of esters is 1. The number of carbonyl (C=O) groups is 3. The van der Waals surface area contributed by atoms with Gasteiger partial charge >= 0.3 is 11.9 Å². The van der Waals surface area contributed by atoms with E-state index < -0.39 is 17.5 Å². The fraction of sp³-hybridized carbons (Fsp3) is 0.919. The van der Waals surface area contributed by atoms with E-state index in [1.807, 2.05) is 20.8 Å². The monoisotopic (exact) mass is 817 g/mol. The van der Waals surface area contributed by atoms with Crippen LogP contribution in [0.15, 0.2) is 0 Å². The van der Waals surface area contributed by atoms with Crippen LogP contribution in [0, 0.1) is 0 Å². The maximum absolute atomic E-state index is 11.5. The lowest BCUT2D eigenvalue weighted by molar-refractivity contribution is -0.160. The number of carboxylic acids is 1. The van der Waals surface area contributed by atoms with Crippen molar-refractivity contribution in [3.63, 3.8) is 0 Å². The van der Waals surface area contributed by atoms with Crippen LogP contribution in [0.1, 0.15) is 40.0 Å². The summed E-state index contributed by atoms with van der Waals surface area (Å²) in [5, 5.41) is 11.2. The normalized spacial score (nSPS) is 11.6. The van der Waals surface area contributed by atoms with E-state index in [-0.39, 0.29) is 25.4 Å². The number of carboxylic acid groups (broad SMARTS) is 1. The molecule has 1 amide bonds. The lowest BCUT2D eigenvalue weighted by atomic mass is 10.2. The molecule has 0 aromatic carbocycles. The smallest absolute Gasteiger partial charge is 0.332 e. The van der Waals surface area contributed by atoms with E-state index in [1.54, 1.807) is 0 Å². The third-order valence-electron chi connectivity index (χ3n) is 6.46. The second-order valence-corrected chi connectivity index (χ2v) is 12.6. The van der Waals surface area contributed by atoms with E-state index in [9.17, 15) is 14.4 Å². The van der Waals surface area contributed by atoms with Crippen LogP contribution in [0.2, 0.25) is 0 Å². The number of amides is 1. The SMILES string of the molecule is CC(C)(C)OC(=O)COCCOCCOCCOCCOCCOCCOCCOCCOCCOCCOCCOCCOCCCNC(=O)CCC(=O)O. The maximum Gasteiger partial charge on any atom is 0.332 e. The first kappa shape index (κ1) is 53.9. The zero-order valence-corrected chi connectivity index (χ0v) is 34.1. The third-order valence-corrected chi connectivity index (χ3v) is 6.46. The van der Waals surface area contributed by atoms with Gasteiger partial charge in [-0.15, -0.1) is 0 Å². The molecule has 0 atom stereocenters. The van der Waals surface area contributed by atoms with Crippen molar-refractivity contribution in [1.82, 2.24) is 5.32 Å². The summed E-state index contributed by atoms with van der Waals surface area (Å²) in [7, 11) is 0. The van der Waals surface area contributed by atoms with Crippen molar-refractivity contribution < 1.29 is 85.8 Å². The zero-order chi connectivity index (χ0) is 41.1. The molecule has 0 fully saturated rings. The second-order valence-electron chi connectivity index (χ2n) is 12.6. The molecule has 0 heterocycles. The Balaban J connectivity index is 3.12. The van der Waals surface area contributed by atoms with Gasteiger partial charge in [0.15, 0.2) is 0 Å². The van der Waals surface area contributed by atoms with Gasteiger partial charge in [0.05, 0.1) is 165 Å². The van der Waals surface area contributed by atoms with Crippen LogP contribution in [0.25, 0.3) is 0 Å². The van der Waals surface area contributed by atoms with Gasteiger partial charge in [-0.25, -0.2) is 4.79 Å². The van der Waals surface area contributed by atoms with Crippen molar-refractivity contribution in [2.45, 2.75) is 45.6 Å². The van der Waals surface area contributed by atoms with Gasteiger partial charge in [0.25, 0.3) is 0 Å². The van der Waals surface area contributed by atoms with Crippen molar-refractivity contribution in [3.8, 4) is 0 Å². The van der Waals surface area contributed by atoms with Gasteiger partial charge in [0, 0.05) is 19.6 Å². The number of aliphatic carboxylic acids is 1. The molecule has 19 nitrogen and oxygen atoms in total. The lowest BCUT2D eigenvalue weighted by Crippen LogP contribution is -2.27. The summed E-state index contributed by atoms with van der Waals surface area (Å²) in [5.74, 6) is -1.65. The maximum atomic E-state index is 11.5. The van der Waals surface area contributed by atoms with Gasteiger partial charge in [-0.05, 0) is 27.2 Å². The summed E-state index contributed by atoms with van der Waals surface area (Å²) < 4.78 is 75.8. The first-order chi connectivity index (χ1) is 27.2. The topological polar surface area (TPSA) is 213 Å². The molecule has 0 rings (SSSR count). The fourth-order valence-electron chi connectivity index (χ4n) is 3.88. The second kappa shape index (κ2) is 42.5. The average molecular weight is 818 g/mol. The van der Waals surface area contributed by atoms with E-state index in [1.165, 1.54) is 0 Å². The minimum Gasteiger partial charge on any atom is -0.481 e. The zero-order valence-electron chi connectivity index (χ0n) is 34.1. The summed E-state index contributed by atoms with van der Waals surface area (Å²) in [5.41, 5.74) is -0.519. The minimum absolute atomic E-state index is 0.0151. The molecule has 0 radical (unpaired) electrons. The van der Waals surface area contributed by atoms with Crippen molar-refractivity contribution in [1.29, 1.82) is 0 Å². The van der Waals surface area contributed by atoms with Crippen LogP contribution in [0.5, 0.6) is 0 Å². The number of carbonyl (C=O) groups excluding carboxylic acids is 2. The molecule has 0 saturated heterocycles. The van der Waals surface area contributed by atoms with Gasteiger partial charge in [0.1, 0.15) is 12.2 Å². The molecule has 0 aliphatic heterocycles. The molecule has 332 valence electrons. The number of hydrogen-bond donors (Lipinski definition) is 2. The van der Waals surface area contributed by atoms with Crippen LogP contribution in [-0.2, 0) is 80.7 Å². The van der Waals surface area contributed by atoms with Gasteiger partial charge in [-0.3, -0.25) is 9.59 Å². The predicted molar refractivity (Wildman–Crippen MR) is 201 cm³/mol. The number of ether oxygens (including phenoxy) is 14. The van der Waals surface area contributed by atoms with Crippen LogP contribution in [-0.4, -0.2) is 207 Å². The molecule has 0 spiro atoms. The Morgan fingerprint density at radius 1 is 0.411 bits per heavy atom. The highest BCUT2D eigenvalue weighted by Crippen LogP contribution is 2.06. The van der Waals surface area contributed by atoms with Crippen molar-refractivity contribution in [2.75, 3.05) is 178 Å². The standard InChI is InChI=1S/C37H71NO18/c1-37(2,3)56-36(42)33-55-32-31-54-30-29-53-28-27-52-26-25-51-24-23-50-22-21-49-20-19-48-18-17-47-16-15-46-14-13-45-12-11-44-10-9-43-8-4-7-38-34(39)5-6-35(40)41/h4-33H2,1-3H3,(H,38,39)(H,40,41). The van der Waals surface area contributed by atoms with Crippen LogP contribution in [0.3, 0.4) is 0 Å². The highest BCUT2D eigenvalue weighted by atomic mass is 16.6. The molecule has 56 heavy (non-hydrogen) atoms. The van der Waals surface area contributed by atoms with Crippen molar-refractivity contribution in [3.05, 3.63) is 0 Å². The van der Waals surface area contributed by atoms with Gasteiger partial charge in [-0.1, -0.05) is 0 Å². The molecular formula is C37H71NO18. The fourth-order valence-corrected chi connectivity index (χ4v) is 3.88. The Morgan fingerprint density at radius 2 is 0.679 bits per heavy atom. The summed E-state index contributed by atoms with van der Waals surface area (Å²) in [6, 6.07) is 0. The quantitative estimate of drug-likeness (QED) is 0.0646. The third kappa shape index (κ3) is 48.0. The van der Waals surface area contributed by atoms with Gasteiger partial charge < -0.3 is 76.7 Å². The molecule has 0 unspecified atom stereocenters. The Kier molecular flexibility index (Phi) is 40.9. The largest absolute Gasteiger partial charge is 0.481 e. The molecule has 0 aromatic heterocycles.